The van der Waals surface area contributed by atoms with E-state index in [1.54, 1.807) is 57.7 Å². The van der Waals surface area contributed by atoms with Gasteiger partial charge in [-0.3, -0.25) is 29.1 Å². The fraction of sp³-hybridized carbons (Fsp3) is 0.429. The van der Waals surface area contributed by atoms with Gasteiger partial charge in [0.2, 0.25) is 23.6 Å². The predicted octanol–water partition coefficient (Wildman–Crippen LogP) is 6.87. The number of benzene rings is 2. The van der Waals surface area contributed by atoms with Crippen LogP contribution in [-0.2, 0) is 43.6 Å². The van der Waals surface area contributed by atoms with Gasteiger partial charge < -0.3 is 39.3 Å². The van der Waals surface area contributed by atoms with Crippen molar-refractivity contribution >= 4 is 46.3 Å². The SMILES string of the molecule is Cc1cc([C@H](C(=O)N2C[C@H](OCc3cc([C@H](C(=O)N4C[C@H](O)C[C@H]4C(=O)NCc4ccc(-c5cncs5)cc4)C(C)(C)C)on3)C[C@H]2C(=O)NCc2ccc(-c3cncs3)cc2)C(C)C)on1. The lowest BCUT2D eigenvalue weighted by Crippen LogP contribution is -2.49. The number of rotatable bonds is 16. The molecule has 6 aromatic rings. The van der Waals surface area contributed by atoms with E-state index in [2.05, 4.69) is 30.9 Å². The molecule has 0 saturated carbocycles. The van der Waals surface area contributed by atoms with E-state index < -0.39 is 41.5 Å². The molecule has 0 radical (unpaired) electrons. The Morgan fingerprint density at radius 2 is 1.33 bits per heavy atom. The Labute approximate surface area is 397 Å². The summed E-state index contributed by atoms with van der Waals surface area (Å²) in [5, 5.41) is 25.1. The lowest BCUT2D eigenvalue weighted by molar-refractivity contribution is -0.142. The summed E-state index contributed by atoms with van der Waals surface area (Å²) < 4.78 is 17.8. The van der Waals surface area contributed by atoms with Crippen LogP contribution in [-0.4, -0.2) is 96.2 Å². The molecule has 6 atom stereocenters. The van der Waals surface area contributed by atoms with Crippen LogP contribution in [0.1, 0.15) is 93.3 Å². The number of nitrogens with one attached hydrogen (secondary N) is 2. The summed E-state index contributed by atoms with van der Waals surface area (Å²) in [7, 11) is 0. The topological polar surface area (TPSA) is 206 Å². The molecule has 0 aliphatic carbocycles. The van der Waals surface area contributed by atoms with E-state index >= 15 is 0 Å². The summed E-state index contributed by atoms with van der Waals surface area (Å²) in [6.07, 6.45) is 2.54. The molecule has 3 N–H and O–H groups in total. The van der Waals surface area contributed by atoms with E-state index in [0.717, 1.165) is 32.0 Å². The van der Waals surface area contributed by atoms with Gasteiger partial charge in [0.25, 0.3) is 0 Å². The molecule has 0 bridgehead atoms. The smallest absolute Gasteiger partial charge is 0.243 e. The number of carbonyl (C=O) groups is 4. The zero-order valence-corrected chi connectivity index (χ0v) is 40.0. The van der Waals surface area contributed by atoms with Gasteiger partial charge in [0.05, 0.1) is 45.3 Å². The second kappa shape index (κ2) is 20.4. The van der Waals surface area contributed by atoms with Crippen molar-refractivity contribution in [2.45, 2.75) is 110 Å². The number of aliphatic hydroxyl groups excluding tert-OH is 1. The highest BCUT2D eigenvalue weighted by molar-refractivity contribution is 7.13. The largest absolute Gasteiger partial charge is 0.391 e. The fourth-order valence-corrected chi connectivity index (χ4v) is 10.1. The number of nitrogens with zero attached hydrogens (tertiary/aromatic N) is 6. The molecule has 67 heavy (non-hydrogen) atoms. The maximum Gasteiger partial charge on any atom is 0.243 e. The Bertz CT molecular complexity index is 2620. The second-order valence-corrected chi connectivity index (χ2v) is 20.5. The number of likely N-dealkylation sites (tertiary alicyclic amines) is 2. The summed E-state index contributed by atoms with van der Waals surface area (Å²) in [6, 6.07) is 17.5. The van der Waals surface area contributed by atoms with Crippen molar-refractivity contribution in [2.75, 3.05) is 13.1 Å². The third kappa shape index (κ3) is 11.0. The summed E-state index contributed by atoms with van der Waals surface area (Å²) in [5.41, 5.74) is 7.82. The minimum Gasteiger partial charge on any atom is -0.391 e. The summed E-state index contributed by atoms with van der Waals surface area (Å²) >= 11 is 3.10. The highest BCUT2D eigenvalue weighted by Gasteiger charge is 2.47. The van der Waals surface area contributed by atoms with E-state index in [4.69, 9.17) is 13.8 Å². The molecular formula is C49H56N8O8S2. The third-order valence-corrected chi connectivity index (χ3v) is 14.0. The van der Waals surface area contributed by atoms with Crippen LogP contribution < -0.4 is 10.6 Å². The molecule has 2 aromatic carbocycles. The van der Waals surface area contributed by atoms with Crippen molar-refractivity contribution in [1.29, 1.82) is 0 Å². The molecule has 6 heterocycles. The molecule has 16 nitrogen and oxygen atoms in total. The van der Waals surface area contributed by atoms with Crippen LogP contribution in [0.15, 0.2) is 93.1 Å². The Kier molecular flexibility index (Phi) is 14.5. The highest BCUT2D eigenvalue weighted by atomic mass is 32.1. The van der Waals surface area contributed by atoms with Crippen LogP contribution in [0, 0.1) is 18.3 Å². The predicted molar refractivity (Wildman–Crippen MR) is 251 cm³/mol. The number of hydrogen-bond acceptors (Lipinski definition) is 14. The molecule has 18 heteroatoms. The minimum absolute atomic E-state index is 0.00368. The number of β-amino-alcohol motifs (C(OH)–C–C–N with tert-alkyl or cyclic N) is 1. The van der Waals surface area contributed by atoms with Gasteiger partial charge in [-0.1, -0.05) is 93.5 Å². The number of ether oxygens (including phenoxy) is 1. The molecule has 0 unspecified atom stereocenters. The first-order chi connectivity index (χ1) is 32.1. The van der Waals surface area contributed by atoms with Gasteiger partial charge in [-0.15, -0.1) is 22.7 Å². The molecule has 0 spiro atoms. The zero-order valence-electron chi connectivity index (χ0n) is 38.4. The lowest BCUT2D eigenvalue weighted by atomic mass is 9.78. The van der Waals surface area contributed by atoms with E-state index in [1.807, 2.05) is 95.5 Å². The van der Waals surface area contributed by atoms with Crippen molar-refractivity contribution in [3.05, 3.63) is 118 Å². The number of aliphatic hydroxyl groups is 1. The number of aromatic nitrogens is 4. The first-order valence-electron chi connectivity index (χ1n) is 22.4. The first-order valence-corrected chi connectivity index (χ1v) is 24.2. The maximum absolute atomic E-state index is 14.5. The van der Waals surface area contributed by atoms with Crippen molar-refractivity contribution in [2.24, 2.45) is 11.3 Å². The van der Waals surface area contributed by atoms with Gasteiger partial charge in [-0.25, -0.2) is 0 Å². The summed E-state index contributed by atoms with van der Waals surface area (Å²) in [4.78, 5) is 70.0. The van der Waals surface area contributed by atoms with Crippen LogP contribution in [0.5, 0.6) is 0 Å². The van der Waals surface area contributed by atoms with Gasteiger partial charge in [-0.2, -0.15) is 0 Å². The van der Waals surface area contributed by atoms with Crippen LogP contribution in [0.4, 0.5) is 0 Å². The fourth-order valence-electron chi connectivity index (χ4n) is 8.88. The minimum atomic E-state index is -0.884. The standard InChI is InChI=1S/C49H56N8O8S2/c1-28(2)43(39-15-29(3)54-64-39)47(61)57-24-36(18-38(57)46(60)53-20-31-9-13-33(14-10-31)42-22-51-27-67-42)63-25-34-16-40(65-55-34)44(49(4,5)6)48(62)56-23-35(58)17-37(56)45(59)52-19-30-7-11-32(12-8-30)41-21-50-26-66-41/h7-16,21-22,26-28,35-38,43-44,58H,17-20,23-25H2,1-6H3,(H,52,59)(H,53,60)/t35-,36-,37+,38+,43-,44-/m1/s1. The van der Waals surface area contributed by atoms with Crippen LogP contribution in [0.3, 0.4) is 0 Å². The molecule has 2 fully saturated rings. The van der Waals surface area contributed by atoms with Gasteiger partial charge in [0.15, 0.2) is 0 Å². The average Bonchev–Trinajstić information content (AvgIpc) is 4.16. The first kappa shape index (κ1) is 47.4. The zero-order chi connectivity index (χ0) is 47.4. The Morgan fingerprint density at radius 1 is 0.776 bits per heavy atom. The molecule has 2 aliphatic rings. The van der Waals surface area contributed by atoms with Crippen molar-refractivity contribution < 1.29 is 38.1 Å². The van der Waals surface area contributed by atoms with E-state index in [1.165, 1.54) is 4.90 Å². The van der Waals surface area contributed by atoms with Gasteiger partial charge >= 0.3 is 0 Å². The molecule has 8 rings (SSSR count). The van der Waals surface area contributed by atoms with Crippen molar-refractivity contribution in [3.8, 4) is 20.9 Å². The second-order valence-electron chi connectivity index (χ2n) is 18.7. The third-order valence-electron chi connectivity index (χ3n) is 12.3. The highest BCUT2D eigenvalue weighted by Crippen LogP contribution is 2.39. The maximum atomic E-state index is 14.5. The normalized spacial score (nSPS) is 19.5. The van der Waals surface area contributed by atoms with Crippen LogP contribution in [0.25, 0.3) is 20.9 Å². The Hall–Kier alpha value is -6.08. The number of hydrogen-bond donors (Lipinski definition) is 3. The Morgan fingerprint density at radius 3 is 1.84 bits per heavy atom. The van der Waals surface area contributed by atoms with Gasteiger partial charge in [-0.05, 0) is 40.5 Å². The number of thiazole rings is 2. The van der Waals surface area contributed by atoms with Crippen molar-refractivity contribution in [3.63, 3.8) is 0 Å². The number of amides is 4. The molecule has 2 aliphatic heterocycles. The monoisotopic (exact) mass is 948 g/mol. The van der Waals surface area contributed by atoms with E-state index in [-0.39, 0.29) is 75.2 Å². The molecule has 4 amide bonds. The molecule has 2 saturated heterocycles. The van der Waals surface area contributed by atoms with E-state index in [9.17, 15) is 24.3 Å². The summed E-state index contributed by atoms with van der Waals surface area (Å²) in [6.45, 7) is 12.0. The lowest BCUT2D eigenvalue weighted by Gasteiger charge is -2.33. The quantitative estimate of drug-likeness (QED) is 0.0910. The van der Waals surface area contributed by atoms with Crippen molar-refractivity contribution in [1.82, 2.24) is 40.7 Å². The molecule has 352 valence electrons. The van der Waals surface area contributed by atoms with Crippen LogP contribution >= 0.6 is 22.7 Å². The van der Waals surface area contributed by atoms with E-state index in [0.29, 0.717) is 22.9 Å². The van der Waals surface area contributed by atoms with Gasteiger partial charge in [0, 0.05) is 63.5 Å². The molecular weight excluding hydrogens is 893 g/mol. The Balaban J connectivity index is 0.929. The summed E-state index contributed by atoms with van der Waals surface area (Å²) in [5.74, 6) is -2.24. The number of carbonyl (C=O) groups excluding carboxylic acids is 4. The van der Waals surface area contributed by atoms with Crippen LogP contribution in [0.2, 0.25) is 0 Å². The average molecular weight is 949 g/mol. The number of aryl methyl sites for hydroxylation is 1. The van der Waals surface area contributed by atoms with Gasteiger partial charge in [0.1, 0.15) is 41.1 Å². The molecule has 4 aromatic heterocycles.